The van der Waals surface area contributed by atoms with E-state index in [4.69, 9.17) is 4.74 Å². The molecule has 0 fully saturated rings. The van der Waals surface area contributed by atoms with E-state index in [0.29, 0.717) is 12.2 Å². The predicted octanol–water partition coefficient (Wildman–Crippen LogP) is 3.35. The minimum Gasteiger partial charge on any atom is -0.506 e. The maximum Gasteiger partial charge on any atom is 0.138 e. The van der Waals surface area contributed by atoms with Gasteiger partial charge in [-0.3, -0.25) is 4.98 Å². The maximum atomic E-state index is 9.86. The molecule has 0 saturated heterocycles. The van der Waals surface area contributed by atoms with E-state index in [-0.39, 0.29) is 11.8 Å². The third kappa shape index (κ3) is 3.73. The molecule has 1 heterocycles. The Hall–Kier alpha value is -2.07. The molecule has 0 aliphatic rings. The number of aromatic nitrogens is 1. The van der Waals surface area contributed by atoms with Gasteiger partial charge in [0.15, 0.2) is 0 Å². The number of benzene rings is 1. The van der Waals surface area contributed by atoms with Crippen LogP contribution in [0.25, 0.3) is 0 Å². The second kappa shape index (κ2) is 7.09. The average Bonchev–Trinajstić information content (AvgIpc) is 2.51. The molecule has 4 nitrogen and oxygen atoms in total. The van der Waals surface area contributed by atoms with Gasteiger partial charge in [-0.2, -0.15) is 0 Å². The lowest BCUT2D eigenvalue weighted by molar-refractivity contribution is 0.394. The molecule has 0 saturated carbocycles. The van der Waals surface area contributed by atoms with Crippen molar-refractivity contribution in [3.8, 4) is 11.5 Å². The van der Waals surface area contributed by atoms with Gasteiger partial charge in [0.05, 0.1) is 12.8 Å². The van der Waals surface area contributed by atoms with Crippen LogP contribution in [-0.4, -0.2) is 17.2 Å². The Morgan fingerprint density at radius 2 is 2.00 bits per heavy atom. The topological polar surface area (TPSA) is 54.4 Å². The van der Waals surface area contributed by atoms with Crippen molar-refractivity contribution in [2.45, 2.75) is 32.9 Å². The fourth-order valence-electron chi connectivity index (χ4n) is 2.38. The lowest BCUT2D eigenvalue weighted by Gasteiger charge is -2.20. The van der Waals surface area contributed by atoms with Crippen molar-refractivity contribution >= 4 is 0 Å². The molecule has 2 rings (SSSR count). The van der Waals surface area contributed by atoms with Gasteiger partial charge in [0, 0.05) is 23.8 Å². The number of hydrogen-bond acceptors (Lipinski definition) is 4. The number of nitrogens with zero attached hydrogens (tertiary/aromatic N) is 1. The summed E-state index contributed by atoms with van der Waals surface area (Å²) in [6, 6.07) is 11.6. The van der Waals surface area contributed by atoms with Gasteiger partial charge in [-0.25, -0.2) is 0 Å². The fourth-order valence-corrected chi connectivity index (χ4v) is 2.38. The Balaban J connectivity index is 2.14. The molecule has 21 heavy (non-hydrogen) atoms. The van der Waals surface area contributed by atoms with Crippen molar-refractivity contribution < 1.29 is 9.84 Å². The highest BCUT2D eigenvalue weighted by atomic mass is 16.5. The van der Waals surface area contributed by atoms with Gasteiger partial charge in [-0.1, -0.05) is 25.1 Å². The van der Waals surface area contributed by atoms with E-state index in [1.54, 1.807) is 19.2 Å². The van der Waals surface area contributed by atoms with Crippen LogP contribution in [0.15, 0.2) is 36.4 Å². The number of aromatic hydroxyl groups is 1. The Bertz CT molecular complexity index is 599. The van der Waals surface area contributed by atoms with Crippen LogP contribution in [0.4, 0.5) is 0 Å². The third-order valence-corrected chi connectivity index (χ3v) is 3.53. The Labute approximate surface area is 125 Å². The van der Waals surface area contributed by atoms with Gasteiger partial charge >= 0.3 is 0 Å². The molecular formula is C17H22N2O2. The molecule has 1 atom stereocenters. The molecule has 4 heteroatoms. The molecule has 0 amide bonds. The summed E-state index contributed by atoms with van der Waals surface area (Å²) >= 11 is 0. The smallest absolute Gasteiger partial charge is 0.138 e. The molecule has 0 spiro atoms. The molecule has 1 unspecified atom stereocenters. The van der Waals surface area contributed by atoms with Gasteiger partial charge in [-0.15, -0.1) is 0 Å². The lowest BCUT2D eigenvalue weighted by Crippen LogP contribution is -2.21. The first-order chi connectivity index (χ1) is 10.2. The summed E-state index contributed by atoms with van der Waals surface area (Å²) in [5.74, 6) is 1.10. The number of aryl methyl sites for hydroxylation is 1. The van der Waals surface area contributed by atoms with Gasteiger partial charge in [0.25, 0.3) is 0 Å². The van der Waals surface area contributed by atoms with Crippen LogP contribution in [0.2, 0.25) is 0 Å². The summed E-state index contributed by atoms with van der Waals surface area (Å²) in [4.78, 5) is 4.37. The summed E-state index contributed by atoms with van der Waals surface area (Å²) < 4.78 is 5.42. The van der Waals surface area contributed by atoms with Crippen LogP contribution in [0.5, 0.6) is 11.5 Å². The minimum atomic E-state index is 0.155. The zero-order valence-corrected chi connectivity index (χ0v) is 12.8. The second-order valence-electron chi connectivity index (χ2n) is 5.00. The third-order valence-electron chi connectivity index (χ3n) is 3.53. The van der Waals surface area contributed by atoms with Gasteiger partial charge in [0.2, 0.25) is 0 Å². The van der Waals surface area contributed by atoms with E-state index in [9.17, 15) is 5.11 Å². The number of nitrogens with one attached hydrogen (secondary N) is 1. The first-order valence-corrected chi connectivity index (χ1v) is 7.17. The largest absolute Gasteiger partial charge is 0.506 e. The quantitative estimate of drug-likeness (QED) is 0.855. The normalized spacial score (nSPS) is 12.1. The minimum absolute atomic E-state index is 0.155. The highest BCUT2D eigenvalue weighted by molar-refractivity contribution is 5.36. The number of rotatable bonds is 6. The summed E-state index contributed by atoms with van der Waals surface area (Å²) in [7, 11) is 1.68. The first kappa shape index (κ1) is 15.3. The summed E-state index contributed by atoms with van der Waals surface area (Å²) in [5, 5.41) is 13.3. The summed E-state index contributed by atoms with van der Waals surface area (Å²) in [5.41, 5.74) is 2.69. The van der Waals surface area contributed by atoms with E-state index in [0.717, 1.165) is 23.4 Å². The van der Waals surface area contributed by atoms with Crippen LogP contribution in [0, 0.1) is 6.92 Å². The fraction of sp³-hybridized carbons (Fsp3) is 0.353. The highest BCUT2D eigenvalue weighted by Gasteiger charge is 2.14. The molecule has 2 aromatic rings. The molecule has 112 valence electrons. The molecule has 0 aliphatic heterocycles. The van der Waals surface area contributed by atoms with E-state index in [2.05, 4.69) is 23.3 Å². The molecule has 0 bridgehead atoms. The maximum absolute atomic E-state index is 9.86. The number of pyridine rings is 1. The Kier molecular flexibility index (Phi) is 5.17. The van der Waals surface area contributed by atoms with E-state index < -0.39 is 0 Å². The molecule has 0 radical (unpaired) electrons. The van der Waals surface area contributed by atoms with Crippen molar-refractivity contribution in [2.24, 2.45) is 0 Å². The number of hydrogen-bond donors (Lipinski definition) is 2. The molecule has 2 N–H and O–H groups in total. The van der Waals surface area contributed by atoms with E-state index >= 15 is 0 Å². The molecule has 1 aromatic heterocycles. The zero-order valence-electron chi connectivity index (χ0n) is 12.8. The number of ether oxygens (including phenoxy) is 1. The van der Waals surface area contributed by atoms with Gasteiger partial charge in [0.1, 0.15) is 11.5 Å². The summed E-state index contributed by atoms with van der Waals surface area (Å²) in [6.45, 7) is 4.55. The highest BCUT2D eigenvalue weighted by Crippen LogP contribution is 2.27. The van der Waals surface area contributed by atoms with Crippen LogP contribution < -0.4 is 10.1 Å². The molecule has 1 aromatic carbocycles. The first-order valence-electron chi connectivity index (χ1n) is 7.17. The van der Waals surface area contributed by atoms with Crippen molar-refractivity contribution in [2.75, 3.05) is 7.11 Å². The van der Waals surface area contributed by atoms with Crippen molar-refractivity contribution in [1.82, 2.24) is 10.3 Å². The Morgan fingerprint density at radius 1 is 1.24 bits per heavy atom. The van der Waals surface area contributed by atoms with Crippen LogP contribution >= 0.6 is 0 Å². The zero-order chi connectivity index (χ0) is 15.2. The van der Waals surface area contributed by atoms with Crippen LogP contribution in [-0.2, 0) is 6.54 Å². The van der Waals surface area contributed by atoms with Gasteiger partial charge in [-0.05, 0) is 31.5 Å². The average molecular weight is 286 g/mol. The molecular weight excluding hydrogens is 264 g/mol. The second-order valence-corrected chi connectivity index (χ2v) is 5.00. The van der Waals surface area contributed by atoms with Crippen molar-refractivity contribution in [1.29, 1.82) is 0 Å². The van der Waals surface area contributed by atoms with E-state index in [1.807, 2.05) is 25.1 Å². The summed E-state index contributed by atoms with van der Waals surface area (Å²) in [6.07, 6.45) is 0.924. The lowest BCUT2D eigenvalue weighted by atomic mass is 10.0. The van der Waals surface area contributed by atoms with E-state index in [1.165, 1.54) is 0 Å². The SMILES string of the molecule is CCC(NCc1nc(C)ccc1O)c1ccccc1OC. The van der Waals surface area contributed by atoms with Crippen molar-refractivity contribution in [3.05, 3.63) is 53.3 Å². The Morgan fingerprint density at radius 3 is 2.71 bits per heavy atom. The van der Waals surface area contributed by atoms with Gasteiger partial charge < -0.3 is 15.2 Å². The van der Waals surface area contributed by atoms with Crippen LogP contribution in [0.3, 0.4) is 0 Å². The van der Waals surface area contributed by atoms with Crippen LogP contribution in [0.1, 0.15) is 36.3 Å². The number of methoxy groups -OCH3 is 1. The number of para-hydroxylation sites is 1. The van der Waals surface area contributed by atoms with Crippen molar-refractivity contribution in [3.63, 3.8) is 0 Å². The predicted molar refractivity (Wildman–Crippen MR) is 83.5 cm³/mol. The molecule has 0 aliphatic carbocycles. The standard InChI is InChI=1S/C17H22N2O2/c1-4-14(13-7-5-6-8-17(13)21-3)18-11-15-16(20)10-9-12(2)19-15/h5-10,14,18,20H,4,11H2,1-3H3. The monoisotopic (exact) mass is 286 g/mol.